The van der Waals surface area contributed by atoms with Crippen LogP contribution in [0.1, 0.15) is 40.2 Å². The molecule has 0 aliphatic heterocycles. The highest BCUT2D eigenvalue weighted by molar-refractivity contribution is 6.73. The Balaban J connectivity index is 2.81. The average Bonchev–Trinajstić information content (AvgIpc) is 2.59. The zero-order valence-electron chi connectivity index (χ0n) is 15.2. The van der Waals surface area contributed by atoms with Crippen molar-refractivity contribution >= 4 is 14.6 Å². The fourth-order valence-electron chi connectivity index (χ4n) is 2.85. The van der Waals surface area contributed by atoms with Crippen molar-refractivity contribution < 1.29 is 14.0 Å². The molecule has 1 aromatic rings. The molecular weight excluding hydrogens is 304 g/mol. The van der Waals surface area contributed by atoms with Gasteiger partial charge in [0, 0.05) is 0 Å². The van der Waals surface area contributed by atoms with E-state index in [4.69, 9.17) is 9.16 Å². The quantitative estimate of drug-likeness (QED) is 0.429. The van der Waals surface area contributed by atoms with Crippen LogP contribution < -0.4 is 0 Å². The Labute approximate surface area is 142 Å². The van der Waals surface area contributed by atoms with Crippen LogP contribution >= 0.6 is 0 Å². The van der Waals surface area contributed by atoms with Gasteiger partial charge in [-0.2, -0.15) is 0 Å². The van der Waals surface area contributed by atoms with Gasteiger partial charge in [-0.25, -0.2) is 0 Å². The van der Waals surface area contributed by atoms with E-state index in [1.165, 1.54) is 0 Å². The molecule has 0 aliphatic rings. The molecule has 0 fully saturated rings. The number of carbonyl (C=O) groups is 1. The summed E-state index contributed by atoms with van der Waals surface area (Å²) >= 11 is 0. The highest BCUT2D eigenvalue weighted by Gasteiger charge is 2.36. The Hall–Kier alpha value is -0.973. The first-order valence-electron chi connectivity index (χ1n) is 8.80. The van der Waals surface area contributed by atoms with E-state index in [2.05, 4.69) is 34.6 Å². The van der Waals surface area contributed by atoms with Crippen molar-refractivity contribution in [1.29, 1.82) is 0 Å². The summed E-state index contributed by atoms with van der Waals surface area (Å²) in [6.07, 6.45) is 0.239. The molecule has 0 N–H and O–H groups in total. The summed E-state index contributed by atoms with van der Waals surface area (Å²) in [5.41, 5.74) is 1.08. The fourth-order valence-corrected chi connectivity index (χ4v) is 5.83. The van der Waals surface area contributed by atoms with Crippen LogP contribution in [0.4, 0.5) is 0 Å². The van der Waals surface area contributed by atoms with Crippen LogP contribution in [-0.2, 0) is 20.6 Å². The minimum Gasteiger partial charge on any atom is -0.411 e. The number of ether oxygens (including phenoxy) is 1. The minimum atomic E-state index is -1.77. The molecule has 23 heavy (non-hydrogen) atoms. The molecule has 0 bridgehead atoms. The van der Waals surface area contributed by atoms with Gasteiger partial charge in [-0.1, -0.05) is 65.0 Å². The molecule has 0 radical (unpaired) electrons. The molecule has 0 saturated heterocycles. The Morgan fingerprint density at radius 3 is 2.04 bits per heavy atom. The lowest BCUT2D eigenvalue weighted by atomic mass is 10.0. The molecule has 0 heterocycles. The van der Waals surface area contributed by atoms with Gasteiger partial charge in [0.25, 0.3) is 0 Å². The van der Waals surface area contributed by atoms with Crippen molar-refractivity contribution in [3.05, 3.63) is 35.9 Å². The maximum absolute atomic E-state index is 11.6. The molecule has 0 amide bonds. The van der Waals surface area contributed by atoms with Gasteiger partial charge in [0.05, 0.1) is 12.7 Å². The van der Waals surface area contributed by atoms with E-state index >= 15 is 0 Å². The van der Waals surface area contributed by atoms with E-state index < -0.39 is 14.4 Å². The molecule has 3 nitrogen and oxygen atoms in total. The standard InChI is InChI=1S/C19H32O3Si/c1-6-23(7-2,8-3)22-19(16(4)5)18(14-20)21-15-17-12-10-9-11-13-17/h9-14,16,18-19H,6-8,15H2,1-5H3/t18-,19-/m1/s1. The second kappa shape index (κ2) is 10.0. The van der Waals surface area contributed by atoms with Gasteiger partial charge < -0.3 is 14.0 Å². The van der Waals surface area contributed by atoms with Crippen LogP contribution in [0.5, 0.6) is 0 Å². The van der Waals surface area contributed by atoms with Crippen molar-refractivity contribution in [3.63, 3.8) is 0 Å². The summed E-state index contributed by atoms with van der Waals surface area (Å²) in [6.45, 7) is 11.3. The zero-order valence-corrected chi connectivity index (χ0v) is 16.2. The largest absolute Gasteiger partial charge is 0.411 e. The third kappa shape index (κ3) is 5.86. The maximum atomic E-state index is 11.6. The lowest BCUT2D eigenvalue weighted by molar-refractivity contribution is -0.128. The Bertz CT molecular complexity index is 435. The number of benzene rings is 1. The first-order valence-corrected chi connectivity index (χ1v) is 11.3. The highest BCUT2D eigenvalue weighted by atomic mass is 28.4. The summed E-state index contributed by atoms with van der Waals surface area (Å²) in [5, 5.41) is 0. The molecule has 0 aromatic heterocycles. The number of hydrogen-bond donors (Lipinski definition) is 0. The Morgan fingerprint density at radius 2 is 1.61 bits per heavy atom. The third-order valence-electron chi connectivity index (χ3n) is 4.72. The van der Waals surface area contributed by atoms with Crippen LogP contribution in [0.2, 0.25) is 18.1 Å². The highest BCUT2D eigenvalue weighted by Crippen LogP contribution is 2.27. The summed E-state index contributed by atoms with van der Waals surface area (Å²) in [7, 11) is -1.77. The van der Waals surface area contributed by atoms with Crippen molar-refractivity contribution in [3.8, 4) is 0 Å². The fraction of sp³-hybridized carbons (Fsp3) is 0.632. The van der Waals surface area contributed by atoms with Crippen molar-refractivity contribution in [2.45, 2.75) is 71.6 Å². The number of carbonyl (C=O) groups excluding carboxylic acids is 1. The normalized spacial score (nSPS) is 14.7. The Morgan fingerprint density at radius 1 is 1.04 bits per heavy atom. The van der Waals surface area contributed by atoms with E-state index in [1.54, 1.807) is 0 Å². The maximum Gasteiger partial charge on any atom is 0.192 e. The molecule has 4 heteroatoms. The van der Waals surface area contributed by atoms with Gasteiger partial charge in [0.1, 0.15) is 6.10 Å². The van der Waals surface area contributed by atoms with Crippen LogP contribution in [-0.4, -0.2) is 26.8 Å². The van der Waals surface area contributed by atoms with E-state index in [-0.39, 0.29) is 12.0 Å². The van der Waals surface area contributed by atoms with Gasteiger partial charge in [0.15, 0.2) is 14.6 Å². The van der Waals surface area contributed by atoms with Crippen molar-refractivity contribution in [2.24, 2.45) is 5.92 Å². The number of hydrogen-bond acceptors (Lipinski definition) is 3. The minimum absolute atomic E-state index is 0.164. The molecule has 2 atom stereocenters. The summed E-state index contributed by atoms with van der Waals surface area (Å²) in [4.78, 5) is 11.6. The Kier molecular flexibility index (Phi) is 8.74. The SMILES string of the molecule is CC[Si](CC)(CC)O[C@H](C(C)C)[C@@H](C=O)OCc1ccccc1. The molecule has 130 valence electrons. The lowest BCUT2D eigenvalue weighted by Crippen LogP contribution is -2.47. The molecule has 1 rings (SSSR count). The van der Waals surface area contributed by atoms with Crippen molar-refractivity contribution in [1.82, 2.24) is 0 Å². The van der Waals surface area contributed by atoms with Gasteiger partial charge in [-0.15, -0.1) is 0 Å². The smallest absolute Gasteiger partial charge is 0.192 e. The van der Waals surface area contributed by atoms with E-state index in [0.717, 1.165) is 30.0 Å². The van der Waals surface area contributed by atoms with Crippen molar-refractivity contribution in [2.75, 3.05) is 0 Å². The third-order valence-corrected chi connectivity index (χ3v) is 9.36. The van der Waals surface area contributed by atoms with Gasteiger partial charge >= 0.3 is 0 Å². The molecule has 0 spiro atoms. The molecule has 0 saturated carbocycles. The van der Waals surface area contributed by atoms with Crippen LogP contribution in [0, 0.1) is 5.92 Å². The predicted molar refractivity (Wildman–Crippen MR) is 98.0 cm³/mol. The lowest BCUT2D eigenvalue weighted by Gasteiger charge is -2.37. The topological polar surface area (TPSA) is 35.5 Å². The molecule has 0 unspecified atom stereocenters. The zero-order chi connectivity index (χ0) is 17.3. The summed E-state index contributed by atoms with van der Waals surface area (Å²) in [5.74, 6) is 0.248. The summed E-state index contributed by atoms with van der Waals surface area (Å²) in [6, 6.07) is 13.2. The second-order valence-corrected chi connectivity index (χ2v) is 11.2. The summed E-state index contributed by atoms with van der Waals surface area (Å²) < 4.78 is 12.5. The van der Waals surface area contributed by atoms with Crippen LogP contribution in [0.25, 0.3) is 0 Å². The first-order chi connectivity index (χ1) is 11.0. The van der Waals surface area contributed by atoms with E-state index in [0.29, 0.717) is 6.61 Å². The van der Waals surface area contributed by atoms with E-state index in [1.807, 2.05) is 30.3 Å². The van der Waals surface area contributed by atoms with Crippen LogP contribution in [0.15, 0.2) is 30.3 Å². The molecule has 1 aromatic carbocycles. The van der Waals surface area contributed by atoms with Gasteiger partial charge in [-0.05, 0) is 29.6 Å². The first kappa shape index (κ1) is 20.1. The van der Waals surface area contributed by atoms with E-state index in [9.17, 15) is 4.79 Å². The average molecular weight is 337 g/mol. The second-order valence-electron chi connectivity index (χ2n) is 6.47. The van der Waals surface area contributed by atoms with Gasteiger partial charge in [-0.3, -0.25) is 0 Å². The predicted octanol–water partition coefficient (Wildman–Crippen LogP) is 4.82. The van der Waals surface area contributed by atoms with Gasteiger partial charge in [0.2, 0.25) is 0 Å². The number of rotatable bonds is 11. The molecular formula is C19H32O3Si. The van der Waals surface area contributed by atoms with Crippen LogP contribution in [0.3, 0.4) is 0 Å². The monoisotopic (exact) mass is 336 g/mol. The number of aldehydes is 1. The molecule has 0 aliphatic carbocycles.